The minimum absolute atomic E-state index is 0.00505. The van der Waals surface area contributed by atoms with E-state index in [-0.39, 0.29) is 76.5 Å². The number of nitrogens with one attached hydrogen (secondary N) is 2. The van der Waals surface area contributed by atoms with E-state index in [2.05, 4.69) is 39.5 Å². The highest BCUT2D eigenvalue weighted by Crippen LogP contribution is 2.50. The molecule has 6 N–H and O–H groups in total. The lowest BCUT2D eigenvalue weighted by Gasteiger charge is -2.47. The number of hydrogen-bond donors (Lipinski definition) is 6. The summed E-state index contributed by atoms with van der Waals surface area (Å²) < 4.78 is 78.4. The molecule has 19 unspecified atom stereocenters. The topological polar surface area (TPSA) is 365 Å². The molecule has 2 aliphatic carbocycles. The fourth-order valence-corrected chi connectivity index (χ4v) is 15.1. The number of epoxide rings is 1. The maximum atomic E-state index is 14.5. The number of carbonyl (C=O) groups excluding carboxylic acids is 4. The first-order chi connectivity index (χ1) is 44.5. The lowest BCUT2D eigenvalue weighted by atomic mass is 9.75. The summed E-state index contributed by atoms with van der Waals surface area (Å²) in [6.45, 7) is 8.50. The molecule has 29 nitrogen and oxygen atoms in total. The first-order valence-electron chi connectivity index (χ1n) is 29.3. The van der Waals surface area contributed by atoms with E-state index in [9.17, 15) is 49.7 Å². The van der Waals surface area contributed by atoms with Crippen molar-refractivity contribution in [2.24, 2.45) is 0 Å². The Hall–Kier alpha value is -5.23. The van der Waals surface area contributed by atoms with Crippen molar-refractivity contribution < 1.29 is 111 Å². The molecule has 9 rings (SSSR count). The Kier molecular flexibility index (Phi) is 24.6. The van der Waals surface area contributed by atoms with Crippen LogP contribution in [0.2, 0.25) is 0 Å². The summed E-state index contributed by atoms with van der Waals surface area (Å²) in [5, 5.41) is 60.8. The average molecular weight is 1470 g/mol. The highest BCUT2D eigenvalue weighted by Gasteiger charge is 2.59. The number of alkyl carbamates (subject to hydrolysis) is 1. The number of carbonyl (C=O) groups is 4. The number of amides is 2. The zero-order valence-electron chi connectivity index (χ0n) is 52.0. The van der Waals surface area contributed by atoms with Crippen LogP contribution in [-0.4, -0.2) is 228 Å². The van der Waals surface area contributed by atoms with Crippen molar-refractivity contribution in [1.29, 1.82) is 0 Å². The maximum absolute atomic E-state index is 14.5. The third kappa shape index (κ3) is 16.1. The van der Waals surface area contributed by atoms with Gasteiger partial charge in [0, 0.05) is 63.5 Å². The summed E-state index contributed by atoms with van der Waals surface area (Å²) in [6.07, 6.45) is -13.2. The van der Waals surface area contributed by atoms with Gasteiger partial charge in [-0.2, -0.15) is 5.48 Å². The van der Waals surface area contributed by atoms with Crippen LogP contribution in [0.5, 0.6) is 17.2 Å². The lowest BCUT2D eigenvalue weighted by molar-refractivity contribution is -0.385. The maximum Gasteiger partial charge on any atom is 0.411 e. The van der Waals surface area contributed by atoms with Gasteiger partial charge in [0.25, 0.3) is 5.69 Å². The monoisotopic (exact) mass is 1470 g/mol. The number of fused-ring (bicyclic) bond motifs is 3. The third-order valence-corrected chi connectivity index (χ3v) is 21.1. The molecule has 0 saturated carbocycles. The summed E-state index contributed by atoms with van der Waals surface area (Å²) in [5.41, 5.74) is 0.523. The van der Waals surface area contributed by atoms with Gasteiger partial charge in [-0.3, -0.25) is 34.7 Å². The van der Waals surface area contributed by atoms with Crippen molar-refractivity contribution in [1.82, 2.24) is 20.7 Å². The molecule has 19 atom stereocenters. The molecule has 5 aliphatic heterocycles. The van der Waals surface area contributed by atoms with E-state index in [4.69, 9.17) is 66.4 Å². The van der Waals surface area contributed by atoms with Gasteiger partial charge in [0.2, 0.25) is 23.1 Å². The van der Waals surface area contributed by atoms with Gasteiger partial charge in [0.1, 0.15) is 47.8 Å². The molecular formula is C60H72IN5O24S3. The summed E-state index contributed by atoms with van der Waals surface area (Å²) in [6, 6.07) is 1.07. The van der Waals surface area contributed by atoms with E-state index in [1.54, 1.807) is 31.7 Å². The molecule has 5 saturated heterocycles. The lowest BCUT2D eigenvalue weighted by Crippen LogP contribution is -2.65. The smallest absolute Gasteiger partial charge is 0.411 e. The van der Waals surface area contributed by atoms with E-state index >= 15 is 0 Å². The summed E-state index contributed by atoms with van der Waals surface area (Å²) >= 11 is 2.82. The van der Waals surface area contributed by atoms with Crippen molar-refractivity contribution in [3.05, 3.63) is 78.2 Å². The number of benzene rings is 1. The number of likely N-dealkylation sites (N-methyl/N-ethyl adjacent to an activating group) is 1. The second kappa shape index (κ2) is 31.8. The van der Waals surface area contributed by atoms with Crippen LogP contribution in [0.3, 0.4) is 0 Å². The number of aromatic nitrogens is 1. The Balaban J connectivity index is 0.958. The minimum Gasteiger partial charge on any atom is -0.492 e. The van der Waals surface area contributed by atoms with Crippen LogP contribution in [0, 0.1) is 44.3 Å². The second-order valence-electron chi connectivity index (χ2n) is 22.0. The standard InChI is InChI=1S/C60H72IN5O24S3/c1-11-65(30(5)67)33-26-82-39(23-37(33)77-6)86-51-46(70)44(64-90-40-22-34(68)54(29(4)83-40)92-55(72)41-27(2)43(61)49(52(80-9)48(41)78-7)87-56-47(71)50(79-8)53-58(88-53)89-56)28(3)84-57(51)85-36-16-14-12-13-15-20-60(74)24-35(69)45(63-59(73)81-10)42(36)32(60)19-21-91-93-38-18-17-31(25-62-38)66(75)76/h12-13,17-19,25,28-29,33-34,36-37,39-40,44,46-47,50-51,53-54,56-58,64,68,70-71,74H,11,21-24,26H2,1-10H3,(H,63,73)/b13-12-,32-19+. The number of aliphatic hydroxyl groups is 4. The SMILES string of the molecule is CCN(C(C)=O)C1COC(OC2C(OC3C#C/C=C\C#CC4(O)CC(=O)C(NC(=O)OC)=C3/C4=C\CSSc3ccc([N+](=O)[O-])cn3)OC(C)C(NOC3CC(O)C(SC(=O)c4c(C)c(I)c(OC5OC6OC6C(OC)C5O)c(OC)c4OC)C(C)O3)C2O)CC1OC. The molecule has 2 bridgehead atoms. The Morgan fingerprint density at radius 1 is 0.946 bits per heavy atom. The molecule has 2 amide bonds. The summed E-state index contributed by atoms with van der Waals surface area (Å²) in [4.78, 5) is 77.2. The number of allylic oxidation sites excluding steroid dienone is 3. The average Bonchev–Trinajstić information content (AvgIpc) is 1.71. The Bertz CT molecular complexity index is 3330. The predicted molar refractivity (Wildman–Crippen MR) is 338 cm³/mol. The quantitative estimate of drug-likeness (QED) is 0.0176. The van der Waals surface area contributed by atoms with Crippen molar-refractivity contribution in [2.45, 2.75) is 174 Å². The van der Waals surface area contributed by atoms with Crippen LogP contribution < -0.4 is 25.0 Å². The largest absolute Gasteiger partial charge is 0.492 e. The van der Waals surface area contributed by atoms with Crippen LogP contribution in [0.15, 0.2) is 58.4 Å². The van der Waals surface area contributed by atoms with Crippen molar-refractivity contribution in [2.75, 3.05) is 54.5 Å². The Morgan fingerprint density at radius 3 is 2.35 bits per heavy atom. The third-order valence-electron chi connectivity index (χ3n) is 16.3. The molecule has 0 radical (unpaired) electrons. The van der Waals surface area contributed by atoms with Crippen molar-refractivity contribution >= 4 is 84.5 Å². The van der Waals surface area contributed by atoms with Gasteiger partial charge >= 0.3 is 6.09 Å². The Morgan fingerprint density at radius 2 is 1.70 bits per heavy atom. The molecule has 1 aromatic carbocycles. The van der Waals surface area contributed by atoms with E-state index in [0.717, 1.165) is 35.9 Å². The summed E-state index contributed by atoms with van der Waals surface area (Å²) in [5.74, 6) is 10.6. The molecule has 7 aliphatic rings. The molecule has 0 spiro atoms. The first-order valence-corrected chi connectivity index (χ1v) is 33.6. The fourth-order valence-electron chi connectivity index (χ4n) is 11.6. The van der Waals surface area contributed by atoms with E-state index in [1.165, 1.54) is 70.4 Å². The van der Waals surface area contributed by atoms with Gasteiger partial charge in [-0.25, -0.2) is 9.78 Å². The second-order valence-corrected chi connectivity index (χ2v) is 26.6. The number of halogens is 1. The molecule has 2 aromatic rings. The fraction of sp³-hybridized carbons (Fsp3) is 0.583. The van der Waals surface area contributed by atoms with Gasteiger partial charge in [-0.1, -0.05) is 52.3 Å². The highest BCUT2D eigenvalue weighted by atomic mass is 127. The van der Waals surface area contributed by atoms with Crippen LogP contribution in [0.25, 0.3) is 0 Å². The number of ketones is 1. The molecule has 5 fully saturated rings. The molecule has 1 aromatic heterocycles. The molecular weight excluding hydrogens is 1400 g/mol. The van der Waals surface area contributed by atoms with Crippen LogP contribution in [-0.2, 0) is 61.8 Å². The van der Waals surface area contributed by atoms with Crippen LogP contribution in [0.1, 0.15) is 62.9 Å². The van der Waals surface area contributed by atoms with E-state index in [1.807, 2.05) is 29.5 Å². The normalized spacial score (nSPS) is 33.8. The number of thioether (sulfide) groups is 1. The molecule has 33 heteroatoms. The molecule has 93 heavy (non-hydrogen) atoms. The van der Waals surface area contributed by atoms with Crippen LogP contribution in [0.4, 0.5) is 10.5 Å². The number of methoxy groups -OCH3 is 5. The van der Waals surface area contributed by atoms with Gasteiger partial charge in [0.15, 0.2) is 48.0 Å². The number of pyridine rings is 1. The predicted octanol–water partition coefficient (Wildman–Crippen LogP) is 3.52. The van der Waals surface area contributed by atoms with Gasteiger partial charge < -0.3 is 86.9 Å². The molecule has 506 valence electrons. The number of ether oxygens (including phenoxy) is 13. The van der Waals surface area contributed by atoms with Gasteiger partial charge in [-0.05, 0) is 84.9 Å². The number of hydroxylamine groups is 1. The van der Waals surface area contributed by atoms with Crippen molar-refractivity contribution in [3.63, 3.8) is 0 Å². The zero-order valence-corrected chi connectivity index (χ0v) is 56.6. The molecule has 6 heterocycles. The van der Waals surface area contributed by atoms with Crippen LogP contribution >= 0.6 is 55.9 Å². The number of nitro groups is 1. The number of hydrogen-bond acceptors (Lipinski definition) is 29. The Labute approximate surface area is 560 Å². The minimum atomic E-state index is -2.21. The number of rotatable bonds is 23. The highest BCUT2D eigenvalue weighted by molar-refractivity contribution is 14.1. The summed E-state index contributed by atoms with van der Waals surface area (Å²) in [7, 11) is 9.12. The number of nitrogens with zero attached hydrogens (tertiary/aromatic N) is 3. The van der Waals surface area contributed by atoms with E-state index in [0.29, 0.717) is 20.7 Å². The van der Waals surface area contributed by atoms with Crippen molar-refractivity contribution in [3.8, 4) is 40.9 Å². The van der Waals surface area contributed by atoms with Gasteiger partial charge in [0.05, 0.1) is 95.9 Å². The van der Waals surface area contributed by atoms with Gasteiger partial charge in [-0.15, -0.1) is 0 Å². The number of aliphatic hydroxyl groups excluding tert-OH is 3. The first kappa shape index (κ1) is 72.0. The van der Waals surface area contributed by atoms with E-state index < -0.39 is 144 Å². The number of Topliss-reactive ketones (excluding diaryl/α,β-unsaturated/α-hetero) is 1. The zero-order chi connectivity index (χ0) is 67.2.